The van der Waals surface area contributed by atoms with Crippen molar-refractivity contribution in [1.82, 2.24) is 10.3 Å². The fraction of sp³-hybridized carbons (Fsp3) is 0.100. The molecule has 0 unspecified atom stereocenters. The summed E-state index contributed by atoms with van der Waals surface area (Å²) in [7, 11) is -3.95. The van der Waals surface area contributed by atoms with Crippen molar-refractivity contribution in [1.29, 1.82) is 0 Å². The summed E-state index contributed by atoms with van der Waals surface area (Å²) >= 11 is 1.08. The van der Waals surface area contributed by atoms with E-state index in [0.717, 1.165) is 11.3 Å². The molecule has 0 fully saturated rings. The van der Waals surface area contributed by atoms with Crippen LogP contribution in [-0.4, -0.2) is 42.9 Å². The number of anilines is 1. The van der Waals surface area contributed by atoms with Crippen molar-refractivity contribution in [3.63, 3.8) is 0 Å². The van der Waals surface area contributed by atoms with Gasteiger partial charge in [-0.25, -0.2) is 18.2 Å². The van der Waals surface area contributed by atoms with Gasteiger partial charge in [-0.15, -0.1) is 0 Å². The molecule has 1 aromatic heterocycles. The third kappa shape index (κ3) is 4.18. The molecule has 0 saturated carbocycles. The number of nitrogens with one attached hydrogen (secondary N) is 2. The minimum absolute atomic E-state index is 0.0148. The Kier molecular flexibility index (Phi) is 5.63. The number of amides is 2. The van der Waals surface area contributed by atoms with Gasteiger partial charge in [-0.2, -0.15) is 0 Å². The van der Waals surface area contributed by atoms with Gasteiger partial charge in [0.25, 0.3) is 17.0 Å². The number of hydrogen-bond donors (Lipinski definition) is 3. The molecule has 0 bridgehead atoms. The molecular formula is C20H15N3O7S2. The van der Waals surface area contributed by atoms with Crippen molar-refractivity contribution < 1.29 is 32.6 Å². The van der Waals surface area contributed by atoms with Crippen LogP contribution in [0, 0.1) is 0 Å². The molecule has 1 aliphatic rings. The van der Waals surface area contributed by atoms with Gasteiger partial charge < -0.3 is 20.5 Å². The number of benzene rings is 2. The number of aromatic nitrogens is 1. The fourth-order valence-corrected chi connectivity index (χ4v) is 5.32. The Morgan fingerprint density at radius 3 is 2.72 bits per heavy atom. The standard InChI is InChI=1S/C20H15N3O7S2/c24-17(25)10-30-20-22-9-12(31-20)8-21-18(26)11-5-6-16-14(7-11)23-19(27)13-3-1-2-4-15(13)32(16,28)29/h1-7,9H,8,10H2,(H,21,26)(H,23,27)(H,24,25). The van der Waals surface area contributed by atoms with E-state index in [0.29, 0.717) is 4.88 Å². The van der Waals surface area contributed by atoms with Crippen LogP contribution >= 0.6 is 11.3 Å². The van der Waals surface area contributed by atoms with Gasteiger partial charge in [-0.3, -0.25) is 9.59 Å². The monoisotopic (exact) mass is 473 g/mol. The number of nitrogens with zero attached hydrogens (tertiary/aromatic N) is 1. The zero-order valence-corrected chi connectivity index (χ0v) is 17.8. The lowest BCUT2D eigenvalue weighted by atomic mass is 10.1. The maximum absolute atomic E-state index is 13.0. The van der Waals surface area contributed by atoms with Crippen LogP contribution in [0.25, 0.3) is 0 Å². The smallest absolute Gasteiger partial charge is 0.341 e. The zero-order valence-electron chi connectivity index (χ0n) is 16.2. The van der Waals surface area contributed by atoms with Crippen molar-refractivity contribution in [2.75, 3.05) is 11.9 Å². The number of sulfone groups is 1. The Balaban J connectivity index is 1.52. The van der Waals surface area contributed by atoms with E-state index in [4.69, 9.17) is 9.84 Å². The number of carbonyl (C=O) groups is 3. The Morgan fingerprint density at radius 1 is 1.16 bits per heavy atom. The van der Waals surface area contributed by atoms with E-state index in [1.54, 1.807) is 6.07 Å². The summed E-state index contributed by atoms with van der Waals surface area (Å²) < 4.78 is 31.0. The van der Waals surface area contributed by atoms with Crippen LogP contribution in [0.15, 0.2) is 58.5 Å². The van der Waals surface area contributed by atoms with Crippen LogP contribution in [-0.2, 0) is 21.2 Å². The number of carbonyl (C=O) groups excluding carboxylic acids is 2. The summed E-state index contributed by atoms with van der Waals surface area (Å²) in [6.07, 6.45) is 1.45. The minimum Gasteiger partial charge on any atom is -0.479 e. The van der Waals surface area contributed by atoms with Gasteiger partial charge in [0.15, 0.2) is 6.61 Å². The van der Waals surface area contributed by atoms with Gasteiger partial charge in [0.2, 0.25) is 9.84 Å². The van der Waals surface area contributed by atoms with Crippen molar-refractivity contribution >= 4 is 44.6 Å². The van der Waals surface area contributed by atoms with Crippen LogP contribution in [0.1, 0.15) is 25.6 Å². The average Bonchev–Trinajstić information content (AvgIpc) is 3.20. The third-order valence-corrected chi connectivity index (χ3v) is 7.26. The van der Waals surface area contributed by atoms with Gasteiger partial charge in [0, 0.05) is 16.6 Å². The maximum atomic E-state index is 13.0. The Hall–Kier alpha value is -3.77. The van der Waals surface area contributed by atoms with Gasteiger partial charge in [0.05, 0.1) is 27.6 Å². The quantitative estimate of drug-likeness (QED) is 0.491. The minimum atomic E-state index is -3.95. The van der Waals surface area contributed by atoms with Gasteiger partial charge in [0.1, 0.15) is 0 Å². The molecule has 2 heterocycles. The molecule has 0 spiro atoms. The molecule has 0 saturated heterocycles. The van der Waals surface area contributed by atoms with Gasteiger partial charge in [-0.05, 0) is 30.3 Å². The predicted molar refractivity (Wildman–Crippen MR) is 113 cm³/mol. The molecule has 10 nitrogen and oxygen atoms in total. The summed E-state index contributed by atoms with van der Waals surface area (Å²) in [6.45, 7) is -0.424. The first-order valence-electron chi connectivity index (χ1n) is 9.13. The molecule has 2 aromatic carbocycles. The SMILES string of the molecule is O=C(O)COc1ncc(CNC(=O)c2ccc3c(c2)NC(=O)c2ccccc2S3(=O)=O)s1. The second-order valence-corrected chi connectivity index (χ2v) is 9.59. The van der Waals surface area contributed by atoms with Gasteiger partial charge in [-0.1, -0.05) is 23.5 Å². The molecule has 3 aromatic rings. The van der Waals surface area contributed by atoms with Crippen molar-refractivity contribution in [2.45, 2.75) is 16.3 Å². The zero-order chi connectivity index (χ0) is 22.9. The second-order valence-electron chi connectivity index (χ2n) is 6.62. The Bertz CT molecular complexity index is 1350. The van der Waals surface area contributed by atoms with E-state index >= 15 is 0 Å². The fourth-order valence-electron chi connectivity index (χ4n) is 3.03. The molecular weight excluding hydrogens is 458 g/mol. The lowest BCUT2D eigenvalue weighted by Gasteiger charge is -2.10. The third-order valence-electron chi connectivity index (χ3n) is 4.48. The summed E-state index contributed by atoms with van der Waals surface area (Å²) in [4.78, 5) is 40.0. The summed E-state index contributed by atoms with van der Waals surface area (Å²) in [5.41, 5.74) is 0.193. The van der Waals surface area contributed by atoms with Crippen LogP contribution < -0.4 is 15.4 Å². The van der Waals surface area contributed by atoms with Crippen LogP contribution in [0.5, 0.6) is 5.19 Å². The van der Waals surface area contributed by atoms with E-state index < -0.39 is 34.2 Å². The van der Waals surface area contributed by atoms with E-state index in [1.165, 1.54) is 42.6 Å². The molecule has 2 amide bonds. The highest BCUT2D eigenvalue weighted by atomic mass is 32.2. The van der Waals surface area contributed by atoms with E-state index in [1.807, 2.05) is 0 Å². The van der Waals surface area contributed by atoms with Gasteiger partial charge >= 0.3 is 5.97 Å². The number of carboxylic acid groups (broad SMARTS) is 1. The first-order valence-corrected chi connectivity index (χ1v) is 11.4. The molecule has 32 heavy (non-hydrogen) atoms. The molecule has 164 valence electrons. The molecule has 0 atom stereocenters. The molecule has 12 heteroatoms. The van der Waals surface area contributed by atoms with Crippen LogP contribution in [0.4, 0.5) is 5.69 Å². The summed E-state index contributed by atoms with van der Waals surface area (Å²) in [5, 5.41) is 14.0. The predicted octanol–water partition coefficient (Wildman–Crippen LogP) is 1.93. The molecule has 4 rings (SSSR count). The number of carboxylic acids is 1. The Morgan fingerprint density at radius 2 is 1.94 bits per heavy atom. The van der Waals surface area contributed by atoms with E-state index in [2.05, 4.69) is 15.6 Å². The highest BCUT2D eigenvalue weighted by Crippen LogP contribution is 2.34. The summed E-state index contributed by atoms with van der Waals surface area (Å²) in [5.74, 6) is -2.21. The number of ether oxygens (including phenoxy) is 1. The number of hydrogen-bond acceptors (Lipinski definition) is 8. The molecule has 1 aliphatic heterocycles. The van der Waals surface area contributed by atoms with E-state index in [9.17, 15) is 22.8 Å². The van der Waals surface area contributed by atoms with Crippen LogP contribution in [0.2, 0.25) is 0 Å². The second kappa shape index (κ2) is 8.40. The first-order chi connectivity index (χ1) is 15.3. The average molecular weight is 473 g/mol. The Labute approximate surface area is 185 Å². The lowest BCUT2D eigenvalue weighted by Crippen LogP contribution is -2.22. The molecule has 0 radical (unpaired) electrons. The number of thiazole rings is 1. The largest absolute Gasteiger partial charge is 0.479 e. The van der Waals surface area contributed by atoms with E-state index in [-0.39, 0.29) is 38.3 Å². The first kappa shape index (κ1) is 21.5. The highest BCUT2D eigenvalue weighted by molar-refractivity contribution is 7.91. The van der Waals surface area contributed by atoms with Crippen molar-refractivity contribution in [3.05, 3.63) is 64.7 Å². The topological polar surface area (TPSA) is 152 Å². The maximum Gasteiger partial charge on any atom is 0.341 e. The number of aliphatic carboxylic acids is 1. The highest BCUT2D eigenvalue weighted by Gasteiger charge is 2.31. The normalized spacial score (nSPS) is 13.8. The van der Waals surface area contributed by atoms with Crippen molar-refractivity contribution in [2.24, 2.45) is 0 Å². The summed E-state index contributed by atoms with van der Waals surface area (Å²) in [6, 6.07) is 9.84. The van der Waals surface area contributed by atoms with Crippen molar-refractivity contribution in [3.8, 4) is 5.19 Å². The number of rotatable bonds is 6. The molecule has 3 N–H and O–H groups in total. The van der Waals surface area contributed by atoms with Crippen LogP contribution in [0.3, 0.4) is 0 Å². The lowest BCUT2D eigenvalue weighted by molar-refractivity contribution is -0.139. The molecule has 0 aliphatic carbocycles. The number of fused-ring (bicyclic) bond motifs is 2.